The maximum Gasteiger partial charge on any atom is 0.261 e. The smallest absolute Gasteiger partial charge is 0.261 e. The average Bonchev–Trinajstić information content (AvgIpc) is 2.76. The second-order valence-corrected chi connectivity index (χ2v) is 7.45. The molecule has 0 saturated carbocycles. The summed E-state index contributed by atoms with van der Waals surface area (Å²) in [6, 6.07) is 14.6. The molecule has 30 heavy (non-hydrogen) atoms. The van der Waals surface area contributed by atoms with Gasteiger partial charge >= 0.3 is 0 Å². The summed E-state index contributed by atoms with van der Waals surface area (Å²) in [7, 11) is 0. The van der Waals surface area contributed by atoms with E-state index in [1.165, 1.54) is 10.9 Å². The Bertz CT molecular complexity index is 1130. The third kappa shape index (κ3) is 4.17. The van der Waals surface area contributed by atoms with Crippen LogP contribution < -0.4 is 21.5 Å². The highest BCUT2D eigenvalue weighted by Crippen LogP contribution is 2.24. The number of nitrogens with one attached hydrogen (secondary N) is 1. The van der Waals surface area contributed by atoms with E-state index in [0.717, 1.165) is 31.6 Å². The Balaban J connectivity index is 1.38. The van der Waals surface area contributed by atoms with Crippen molar-refractivity contribution < 1.29 is 9.59 Å². The maximum atomic E-state index is 12.5. The number of aromatic nitrogens is 2. The van der Waals surface area contributed by atoms with Crippen LogP contribution in [0.2, 0.25) is 0 Å². The van der Waals surface area contributed by atoms with Crippen LogP contribution in [0.3, 0.4) is 0 Å². The predicted molar refractivity (Wildman–Crippen MR) is 115 cm³/mol. The summed E-state index contributed by atoms with van der Waals surface area (Å²) in [5.41, 5.74) is 7.43. The van der Waals surface area contributed by atoms with E-state index in [-0.39, 0.29) is 29.8 Å². The first-order valence-corrected chi connectivity index (χ1v) is 9.89. The highest BCUT2D eigenvalue weighted by Gasteiger charge is 2.23. The molecule has 3 N–H and O–H groups in total. The van der Waals surface area contributed by atoms with E-state index in [4.69, 9.17) is 5.73 Å². The number of carbonyl (C=O) groups is 2. The molecular weight excluding hydrogens is 382 g/mol. The number of carbonyl (C=O) groups excluding carboxylic acids is 2. The molecule has 0 radical (unpaired) electrons. The van der Waals surface area contributed by atoms with Crippen molar-refractivity contribution >= 4 is 34.1 Å². The number of fused-ring (bicyclic) bond motifs is 1. The van der Waals surface area contributed by atoms with E-state index in [1.807, 2.05) is 30.3 Å². The number of nitrogens with two attached hydrogens (primary N) is 1. The van der Waals surface area contributed by atoms with Gasteiger partial charge in [-0.05, 0) is 49.2 Å². The lowest BCUT2D eigenvalue weighted by Gasteiger charge is -2.32. The molecule has 0 unspecified atom stereocenters. The van der Waals surface area contributed by atoms with E-state index < -0.39 is 0 Å². The average molecular weight is 405 g/mol. The zero-order valence-corrected chi connectivity index (χ0v) is 16.5. The van der Waals surface area contributed by atoms with Crippen molar-refractivity contribution in [3.05, 3.63) is 65.2 Å². The number of hydrogen-bond donors (Lipinski definition) is 2. The molecule has 2 aromatic carbocycles. The summed E-state index contributed by atoms with van der Waals surface area (Å²) >= 11 is 0. The Labute approximate surface area is 173 Å². The van der Waals surface area contributed by atoms with Gasteiger partial charge in [-0.3, -0.25) is 19.0 Å². The van der Waals surface area contributed by atoms with Gasteiger partial charge in [-0.25, -0.2) is 4.98 Å². The molecule has 1 saturated heterocycles. The first-order chi connectivity index (χ1) is 14.5. The van der Waals surface area contributed by atoms with Crippen LogP contribution in [0, 0.1) is 5.92 Å². The molecule has 8 heteroatoms. The van der Waals surface area contributed by atoms with Crippen molar-refractivity contribution in [1.82, 2.24) is 9.55 Å². The summed E-state index contributed by atoms with van der Waals surface area (Å²) < 4.78 is 1.30. The maximum absolute atomic E-state index is 12.5. The number of piperidine rings is 1. The molecule has 0 spiro atoms. The van der Waals surface area contributed by atoms with Crippen molar-refractivity contribution in [3.63, 3.8) is 0 Å². The van der Waals surface area contributed by atoms with Crippen molar-refractivity contribution in [1.29, 1.82) is 0 Å². The van der Waals surface area contributed by atoms with Crippen molar-refractivity contribution in [2.24, 2.45) is 11.7 Å². The fourth-order valence-corrected chi connectivity index (χ4v) is 3.75. The van der Waals surface area contributed by atoms with Crippen LogP contribution in [-0.2, 0) is 16.1 Å². The summed E-state index contributed by atoms with van der Waals surface area (Å²) in [5, 5.41) is 3.30. The highest BCUT2D eigenvalue weighted by atomic mass is 16.2. The Morgan fingerprint density at radius 3 is 2.47 bits per heavy atom. The van der Waals surface area contributed by atoms with Gasteiger partial charge in [0.15, 0.2) is 0 Å². The number of benzene rings is 2. The van der Waals surface area contributed by atoms with Gasteiger partial charge in [-0.1, -0.05) is 12.1 Å². The summed E-state index contributed by atoms with van der Waals surface area (Å²) in [5.74, 6) is -0.578. The standard InChI is InChI=1S/C22H23N5O3/c23-21(29)15-9-11-26(12-10-15)17-7-5-16(6-8-17)25-20(28)13-27-14-24-19-4-2-1-3-18(19)22(27)30/h1-8,14-15H,9-13H2,(H2,23,29)(H,25,28). The number of rotatable bonds is 5. The van der Waals surface area contributed by atoms with Gasteiger partial charge in [0, 0.05) is 30.4 Å². The summed E-state index contributed by atoms with van der Waals surface area (Å²) in [6.45, 7) is 1.44. The second-order valence-electron chi connectivity index (χ2n) is 7.45. The Hall–Kier alpha value is -3.68. The first kappa shape index (κ1) is 19.6. The molecule has 1 aromatic heterocycles. The summed E-state index contributed by atoms with van der Waals surface area (Å²) in [6.07, 6.45) is 2.90. The molecule has 8 nitrogen and oxygen atoms in total. The molecule has 154 valence electrons. The molecular formula is C22H23N5O3. The predicted octanol–water partition coefficient (Wildman–Crippen LogP) is 1.74. The van der Waals surface area contributed by atoms with Crippen LogP contribution in [-0.4, -0.2) is 34.5 Å². The van der Waals surface area contributed by atoms with Crippen LogP contribution in [0.1, 0.15) is 12.8 Å². The highest BCUT2D eigenvalue weighted by molar-refractivity contribution is 5.91. The van der Waals surface area contributed by atoms with E-state index >= 15 is 0 Å². The number of para-hydroxylation sites is 1. The topological polar surface area (TPSA) is 110 Å². The van der Waals surface area contributed by atoms with Crippen LogP contribution in [0.5, 0.6) is 0 Å². The van der Waals surface area contributed by atoms with Crippen molar-refractivity contribution in [3.8, 4) is 0 Å². The fourth-order valence-electron chi connectivity index (χ4n) is 3.75. The zero-order valence-electron chi connectivity index (χ0n) is 16.5. The monoisotopic (exact) mass is 405 g/mol. The SMILES string of the molecule is NC(=O)C1CCN(c2ccc(NC(=O)Cn3cnc4ccccc4c3=O)cc2)CC1. The van der Waals surface area contributed by atoms with Crippen molar-refractivity contribution in [2.45, 2.75) is 19.4 Å². The number of anilines is 2. The normalized spacial score (nSPS) is 14.6. The molecule has 1 aliphatic rings. The lowest BCUT2D eigenvalue weighted by atomic mass is 9.96. The molecule has 2 amide bonds. The number of primary amides is 1. The number of amides is 2. The van der Waals surface area contributed by atoms with Gasteiger partial charge < -0.3 is 16.0 Å². The van der Waals surface area contributed by atoms with Gasteiger partial charge in [0.05, 0.1) is 17.2 Å². The Morgan fingerprint density at radius 1 is 1.07 bits per heavy atom. The molecule has 0 bridgehead atoms. The van der Waals surface area contributed by atoms with Crippen molar-refractivity contribution in [2.75, 3.05) is 23.3 Å². The van der Waals surface area contributed by atoms with Gasteiger partial charge in [0.25, 0.3) is 5.56 Å². The molecule has 0 aliphatic carbocycles. The number of nitrogens with zero attached hydrogens (tertiary/aromatic N) is 3. The lowest BCUT2D eigenvalue weighted by molar-refractivity contribution is -0.122. The quantitative estimate of drug-likeness (QED) is 0.672. The van der Waals surface area contributed by atoms with Gasteiger partial charge in [-0.2, -0.15) is 0 Å². The van der Waals surface area contributed by atoms with E-state index in [0.29, 0.717) is 16.6 Å². The second kappa shape index (κ2) is 8.36. The van der Waals surface area contributed by atoms with E-state index in [1.54, 1.807) is 18.2 Å². The van der Waals surface area contributed by atoms with Crippen LogP contribution in [0.15, 0.2) is 59.7 Å². The van der Waals surface area contributed by atoms with E-state index in [9.17, 15) is 14.4 Å². The minimum atomic E-state index is -0.302. The molecule has 2 heterocycles. The molecule has 1 fully saturated rings. The molecule has 4 rings (SSSR count). The molecule has 1 aliphatic heterocycles. The molecule has 0 atom stereocenters. The number of hydrogen-bond acceptors (Lipinski definition) is 5. The van der Waals surface area contributed by atoms with Crippen LogP contribution >= 0.6 is 0 Å². The zero-order chi connectivity index (χ0) is 21.1. The minimum Gasteiger partial charge on any atom is -0.371 e. The first-order valence-electron chi connectivity index (χ1n) is 9.89. The Morgan fingerprint density at radius 2 is 1.77 bits per heavy atom. The van der Waals surface area contributed by atoms with Gasteiger partial charge in [-0.15, -0.1) is 0 Å². The minimum absolute atomic E-state index is 0.0483. The van der Waals surface area contributed by atoms with Crippen LogP contribution in [0.25, 0.3) is 10.9 Å². The molecule has 3 aromatic rings. The summed E-state index contributed by atoms with van der Waals surface area (Å²) in [4.78, 5) is 42.6. The fraction of sp³-hybridized carbons (Fsp3) is 0.273. The van der Waals surface area contributed by atoms with E-state index in [2.05, 4.69) is 15.2 Å². The largest absolute Gasteiger partial charge is 0.371 e. The third-order valence-corrected chi connectivity index (χ3v) is 5.46. The van der Waals surface area contributed by atoms with Gasteiger partial charge in [0.2, 0.25) is 11.8 Å². The third-order valence-electron chi connectivity index (χ3n) is 5.46. The lowest BCUT2D eigenvalue weighted by Crippen LogP contribution is -2.38. The Kier molecular flexibility index (Phi) is 5.47. The van der Waals surface area contributed by atoms with Gasteiger partial charge in [0.1, 0.15) is 6.54 Å². The van der Waals surface area contributed by atoms with Crippen LogP contribution in [0.4, 0.5) is 11.4 Å².